The van der Waals surface area contributed by atoms with Crippen LogP contribution in [0.5, 0.6) is 0 Å². The summed E-state index contributed by atoms with van der Waals surface area (Å²) in [7, 11) is -2.84. The Morgan fingerprint density at radius 2 is 1.94 bits per heavy atom. The van der Waals surface area contributed by atoms with Gasteiger partial charge in [0.05, 0.1) is 11.9 Å². The summed E-state index contributed by atoms with van der Waals surface area (Å²) in [4.78, 5) is 0. The van der Waals surface area contributed by atoms with Crippen LogP contribution in [0.15, 0.2) is 0 Å². The third-order valence-electron chi connectivity index (χ3n) is 2.37. The van der Waals surface area contributed by atoms with E-state index in [1.807, 2.05) is 0 Å². The van der Waals surface area contributed by atoms with Crippen molar-refractivity contribution in [2.24, 2.45) is 5.92 Å². The molecule has 1 unspecified atom stereocenters. The SMILES string of the molecule is CCS(=O)(=O)CCCNCC(O)CC(C)C. The third kappa shape index (κ3) is 9.12. The number of sulfone groups is 1. The molecule has 0 saturated carbocycles. The fourth-order valence-electron chi connectivity index (χ4n) is 1.46. The fraction of sp³-hybridized carbons (Fsp3) is 1.00. The summed E-state index contributed by atoms with van der Waals surface area (Å²) in [6.07, 6.45) is 1.06. The fourth-order valence-corrected chi connectivity index (χ4v) is 2.33. The van der Waals surface area contributed by atoms with E-state index in [9.17, 15) is 13.5 Å². The molecule has 16 heavy (non-hydrogen) atoms. The zero-order valence-corrected chi connectivity index (χ0v) is 11.4. The summed E-state index contributed by atoms with van der Waals surface area (Å²) in [5.41, 5.74) is 0. The second kappa shape index (κ2) is 8.03. The number of aliphatic hydroxyl groups excluding tert-OH is 1. The van der Waals surface area contributed by atoms with E-state index in [1.54, 1.807) is 6.92 Å². The molecule has 0 fully saturated rings. The van der Waals surface area contributed by atoms with Crippen LogP contribution < -0.4 is 5.32 Å². The van der Waals surface area contributed by atoms with Gasteiger partial charge in [0.1, 0.15) is 9.84 Å². The zero-order chi connectivity index (χ0) is 12.6. The summed E-state index contributed by atoms with van der Waals surface area (Å²) in [6.45, 7) is 6.99. The molecule has 0 aliphatic carbocycles. The monoisotopic (exact) mass is 251 g/mol. The van der Waals surface area contributed by atoms with Crippen LogP contribution in [0.1, 0.15) is 33.6 Å². The van der Waals surface area contributed by atoms with Gasteiger partial charge >= 0.3 is 0 Å². The summed E-state index contributed by atoms with van der Waals surface area (Å²) in [5, 5.41) is 12.6. The topological polar surface area (TPSA) is 66.4 Å². The highest BCUT2D eigenvalue weighted by molar-refractivity contribution is 7.91. The molecule has 0 heterocycles. The Morgan fingerprint density at radius 3 is 2.44 bits per heavy atom. The van der Waals surface area contributed by atoms with Crippen LogP contribution in [0.4, 0.5) is 0 Å². The molecule has 0 radical (unpaired) electrons. The Kier molecular flexibility index (Phi) is 7.97. The molecule has 0 saturated heterocycles. The lowest BCUT2D eigenvalue weighted by Gasteiger charge is -2.13. The standard InChI is InChI=1S/C11H25NO3S/c1-4-16(14,15)7-5-6-12-9-11(13)8-10(2)3/h10-13H,4-9H2,1-3H3. The molecule has 0 aliphatic rings. The van der Waals surface area contributed by atoms with E-state index in [2.05, 4.69) is 19.2 Å². The Labute approximate surface area is 99.4 Å². The van der Waals surface area contributed by atoms with Gasteiger partial charge in [0.15, 0.2) is 0 Å². The summed E-state index contributed by atoms with van der Waals surface area (Å²) in [5.74, 6) is 0.928. The van der Waals surface area contributed by atoms with Crippen molar-refractivity contribution in [1.82, 2.24) is 5.32 Å². The van der Waals surface area contributed by atoms with Crippen molar-refractivity contribution in [2.75, 3.05) is 24.6 Å². The Hall–Kier alpha value is -0.130. The molecule has 98 valence electrons. The molecule has 0 aromatic carbocycles. The smallest absolute Gasteiger partial charge is 0.150 e. The first-order chi connectivity index (χ1) is 7.37. The first kappa shape index (κ1) is 15.9. The van der Waals surface area contributed by atoms with E-state index >= 15 is 0 Å². The van der Waals surface area contributed by atoms with Gasteiger partial charge in [-0.15, -0.1) is 0 Å². The first-order valence-corrected chi connectivity index (χ1v) is 7.78. The number of aliphatic hydroxyl groups is 1. The molecule has 0 aromatic heterocycles. The van der Waals surface area contributed by atoms with Crippen molar-refractivity contribution >= 4 is 9.84 Å². The van der Waals surface area contributed by atoms with E-state index in [0.717, 1.165) is 6.42 Å². The lowest BCUT2D eigenvalue weighted by Crippen LogP contribution is -2.29. The Balaban J connectivity index is 3.47. The van der Waals surface area contributed by atoms with Crippen molar-refractivity contribution in [3.63, 3.8) is 0 Å². The highest BCUT2D eigenvalue weighted by Gasteiger charge is 2.08. The van der Waals surface area contributed by atoms with Crippen LogP contribution in [-0.2, 0) is 9.84 Å². The van der Waals surface area contributed by atoms with Gasteiger partial charge in [0.2, 0.25) is 0 Å². The van der Waals surface area contributed by atoms with Gasteiger partial charge in [-0.1, -0.05) is 20.8 Å². The van der Waals surface area contributed by atoms with Crippen LogP contribution in [-0.4, -0.2) is 44.2 Å². The molecule has 0 rings (SSSR count). The van der Waals surface area contributed by atoms with Gasteiger partial charge in [-0.2, -0.15) is 0 Å². The quantitative estimate of drug-likeness (QED) is 0.595. The summed E-state index contributed by atoms with van der Waals surface area (Å²) < 4.78 is 22.3. The molecular formula is C11H25NO3S. The van der Waals surface area contributed by atoms with Crippen LogP contribution in [0.3, 0.4) is 0 Å². The van der Waals surface area contributed by atoms with Crippen molar-refractivity contribution in [3.05, 3.63) is 0 Å². The molecule has 2 N–H and O–H groups in total. The minimum atomic E-state index is -2.84. The van der Waals surface area contributed by atoms with Gasteiger partial charge in [0.25, 0.3) is 0 Å². The van der Waals surface area contributed by atoms with E-state index < -0.39 is 9.84 Å². The average Bonchev–Trinajstić information content (AvgIpc) is 2.16. The zero-order valence-electron chi connectivity index (χ0n) is 10.6. The maximum absolute atomic E-state index is 11.2. The van der Waals surface area contributed by atoms with E-state index in [4.69, 9.17) is 0 Å². The number of hydrogen-bond donors (Lipinski definition) is 2. The summed E-state index contributed by atoms with van der Waals surface area (Å²) in [6, 6.07) is 0. The van der Waals surface area contributed by atoms with Gasteiger partial charge < -0.3 is 10.4 Å². The van der Waals surface area contributed by atoms with Gasteiger partial charge in [-0.3, -0.25) is 0 Å². The lowest BCUT2D eigenvalue weighted by atomic mass is 10.1. The Bertz CT molecular complexity index is 262. The van der Waals surface area contributed by atoms with E-state index in [0.29, 0.717) is 25.4 Å². The number of nitrogens with one attached hydrogen (secondary N) is 1. The molecule has 5 heteroatoms. The molecule has 4 nitrogen and oxygen atoms in total. The second-order valence-electron chi connectivity index (χ2n) is 4.58. The molecule has 0 amide bonds. The maximum atomic E-state index is 11.2. The molecule has 0 spiro atoms. The number of hydrogen-bond acceptors (Lipinski definition) is 4. The van der Waals surface area contributed by atoms with Crippen molar-refractivity contribution in [2.45, 2.75) is 39.7 Å². The molecule has 0 bridgehead atoms. The predicted molar refractivity (Wildman–Crippen MR) is 67.3 cm³/mol. The molecule has 1 atom stereocenters. The Morgan fingerprint density at radius 1 is 1.31 bits per heavy atom. The van der Waals surface area contributed by atoms with Crippen molar-refractivity contribution in [1.29, 1.82) is 0 Å². The summed E-state index contributed by atoms with van der Waals surface area (Å²) >= 11 is 0. The van der Waals surface area contributed by atoms with Crippen LogP contribution >= 0.6 is 0 Å². The van der Waals surface area contributed by atoms with Crippen LogP contribution in [0, 0.1) is 5.92 Å². The normalized spacial score (nSPS) is 14.3. The predicted octanol–water partition coefficient (Wildman–Crippen LogP) is 0.808. The van der Waals surface area contributed by atoms with E-state index in [-0.39, 0.29) is 17.6 Å². The molecule has 0 aromatic rings. The lowest BCUT2D eigenvalue weighted by molar-refractivity contribution is 0.146. The first-order valence-electron chi connectivity index (χ1n) is 5.96. The van der Waals surface area contributed by atoms with Gasteiger partial charge in [0, 0.05) is 12.3 Å². The third-order valence-corrected chi connectivity index (χ3v) is 4.16. The van der Waals surface area contributed by atoms with Crippen LogP contribution in [0.2, 0.25) is 0 Å². The highest BCUT2D eigenvalue weighted by atomic mass is 32.2. The van der Waals surface area contributed by atoms with Crippen molar-refractivity contribution < 1.29 is 13.5 Å². The van der Waals surface area contributed by atoms with Crippen molar-refractivity contribution in [3.8, 4) is 0 Å². The second-order valence-corrected chi connectivity index (χ2v) is 7.05. The number of rotatable bonds is 9. The minimum Gasteiger partial charge on any atom is -0.392 e. The highest BCUT2D eigenvalue weighted by Crippen LogP contribution is 2.03. The van der Waals surface area contributed by atoms with Gasteiger partial charge in [-0.25, -0.2) is 8.42 Å². The van der Waals surface area contributed by atoms with E-state index in [1.165, 1.54) is 0 Å². The van der Waals surface area contributed by atoms with Crippen LogP contribution in [0.25, 0.3) is 0 Å². The van der Waals surface area contributed by atoms with Gasteiger partial charge in [-0.05, 0) is 25.3 Å². The molecular weight excluding hydrogens is 226 g/mol. The minimum absolute atomic E-state index is 0.211. The molecule has 0 aliphatic heterocycles. The average molecular weight is 251 g/mol. The largest absolute Gasteiger partial charge is 0.392 e. The maximum Gasteiger partial charge on any atom is 0.150 e.